The number of rotatable bonds is 8. The number of hydrogen-bond acceptors (Lipinski definition) is 6. The van der Waals surface area contributed by atoms with Crippen molar-refractivity contribution < 1.29 is 8.42 Å². The Kier molecular flexibility index (Phi) is 5.71. The molecule has 0 bridgehead atoms. The van der Waals surface area contributed by atoms with Crippen LogP contribution in [0, 0.1) is 0 Å². The predicted octanol–water partition coefficient (Wildman–Crippen LogP) is 4.48. The van der Waals surface area contributed by atoms with E-state index in [0.717, 1.165) is 17.5 Å². The van der Waals surface area contributed by atoms with Crippen LogP contribution in [0.3, 0.4) is 0 Å². The summed E-state index contributed by atoms with van der Waals surface area (Å²) in [6.07, 6.45) is 1.27. The Labute approximate surface area is 166 Å². The van der Waals surface area contributed by atoms with E-state index in [-0.39, 0.29) is 0 Å². The van der Waals surface area contributed by atoms with Gasteiger partial charge in [0, 0.05) is 18.5 Å². The summed E-state index contributed by atoms with van der Waals surface area (Å²) in [6.45, 7) is 5.76. The van der Waals surface area contributed by atoms with Crippen LogP contribution in [0.5, 0.6) is 0 Å². The highest BCUT2D eigenvalue weighted by molar-refractivity contribution is 7.90. The fraction of sp³-hybridized carbons (Fsp3) is 0.400. The molecule has 28 heavy (non-hydrogen) atoms. The van der Waals surface area contributed by atoms with E-state index >= 15 is 0 Å². The van der Waals surface area contributed by atoms with Crippen LogP contribution in [0.15, 0.2) is 75.3 Å². The molecule has 0 radical (unpaired) electrons. The standard InChI is InChI=1S/C20H25N5O2S/c1-4-14-21-28(26,27)19(2,3)17-10-12-18(13-11-17)20(22-24-25-23-20)15-16-8-6-5-7-9-16/h5-13,21H,4,14-15H2,1-3H3. The first kappa shape index (κ1) is 20.3. The molecule has 148 valence electrons. The van der Waals surface area contributed by atoms with Crippen LogP contribution in [0.25, 0.3) is 0 Å². The first-order valence-corrected chi connectivity index (χ1v) is 10.8. The van der Waals surface area contributed by atoms with Crippen LogP contribution in [0.2, 0.25) is 0 Å². The van der Waals surface area contributed by atoms with Gasteiger partial charge in [0.15, 0.2) is 0 Å². The van der Waals surface area contributed by atoms with Gasteiger partial charge in [0.2, 0.25) is 15.7 Å². The number of nitrogens with zero attached hydrogens (tertiary/aromatic N) is 4. The second-order valence-corrected chi connectivity index (χ2v) is 9.66. The lowest BCUT2D eigenvalue weighted by Gasteiger charge is -2.27. The van der Waals surface area contributed by atoms with E-state index in [9.17, 15) is 8.42 Å². The van der Waals surface area contributed by atoms with Crippen molar-refractivity contribution in [1.82, 2.24) is 4.72 Å². The summed E-state index contributed by atoms with van der Waals surface area (Å²) >= 11 is 0. The molecule has 0 aromatic heterocycles. The lowest BCUT2D eigenvalue weighted by molar-refractivity contribution is 0.460. The van der Waals surface area contributed by atoms with Crippen LogP contribution < -0.4 is 4.72 Å². The lowest BCUT2D eigenvalue weighted by Crippen LogP contribution is -2.40. The number of benzene rings is 2. The van der Waals surface area contributed by atoms with Crippen LogP contribution in [0.1, 0.15) is 43.9 Å². The molecule has 2 aromatic rings. The van der Waals surface area contributed by atoms with Gasteiger partial charge in [0.1, 0.15) is 4.75 Å². The highest BCUT2D eigenvalue weighted by atomic mass is 32.2. The summed E-state index contributed by atoms with van der Waals surface area (Å²) in [5.41, 5.74) is 1.67. The maximum atomic E-state index is 12.7. The van der Waals surface area contributed by atoms with Gasteiger partial charge in [-0.2, -0.15) is 0 Å². The molecule has 0 atom stereocenters. The summed E-state index contributed by atoms with van der Waals surface area (Å²) in [7, 11) is -3.50. The Morgan fingerprint density at radius 1 is 0.964 bits per heavy atom. The summed E-state index contributed by atoms with van der Waals surface area (Å²) in [5.74, 6) is 0. The van der Waals surface area contributed by atoms with Gasteiger partial charge in [-0.3, -0.25) is 0 Å². The maximum absolute atomic E-state index is 12.7. The average molecular weight is 400 g/mol. The third-order valence-electron chi connectivity index (χ3n) is 5.01. The third-order valence-corrected chi connectivity index (χ3v) is 7.17. The molecule has 1 aliphatic rings. The maximum Gasteiger partial charge on any atom is 0.224 e. The smallest absolute Gasteiger partial charge is 0.214 e. The van der Waals surface area contributed by atoms with Crippen LogP contribution >= 0.6 is 0 Å². The molecule has 0 amide bonds. The first-order chi connectivity index (χ1) is 13.3. The van der Waals surface area contributed by atoms with Gasteiger partial charge in [0.05, 0.1) is 0 Å². The number of sulfonamides is 1. The van der Waals surface area contributed by atoms with Gasteiger partial charge in [-0.25, -0.2) is 13.1 Å². The van der Waals surface area contributed by atoms with Gasteiger partial charge in [-0.1, -0.05) is 61.5 Å². The van der Waals surface area contributed by atoms with E-state index in [4.69, 9.17) is 0 Å². The van der Waals surface area contributed by atoms with Crippen LogP contribution in [-0.4, -0.2) is 15.0 Å². The Balaban J connectivity index is 1.90. The van der Waals surface area contributed by atoms with E-state index in [1.54, 1.807) is 13.8 Å². The SMILES string of the molecule is CCCNS(=O)(=O)C(C)(C)c1ccc(C2(Cc3ccccc3)N=NN=N2)cc1. The number of hydrogen-bond donors (Lipinski definition) is 1. The highest BCUT2D eigenvalue weighted by Crippen LogP contribution is 2.37. The molecule has 2 aromatic carbocycles. The van der Waals surface area contributed by atoms with E-state index in [1.165, 1.54) is 0 Å². The molecule has 1 aliphatic heterocycles. The molecule has 1 heterocycles. The van der Waals surface area contributed by atoms with Gasteiger partial charge >= 0.3 is 0 Å². The molecule has 0 aliphatic carbocycles. The summed E-state index contributed by atoms with van der Waals surface area (Å²) in [4.78, 5) is 0. The van der Waals surface area contributed by atoms with Gasteiger partial charge in [0.25, 0.3) is 0 Å². The van der Waals surface area contributed by atoms with Gasteiger partial charge < -0.3 is 0 Å². The Bertz CT molecular complexity index is 955. The fourth-order valence-corrected chi connectivity index (χ4v) is 4.37. The molecule has 0 saturated carbocycles. The van der Waals surface area contributed by atoms with Gasteiger partial charge in [-0.05, 0) is 41.8 Å². The monoisotopic (exact) mass is 399 g/mol. The average Bonchev–Trinajstić information content (AvgIpc) is 3.17. The van der Waals surface area contributed by atoms with Crippen molar-refractivity contribution in [2.24, 2.45) is 20.7 Å². The summed E-state index contributed by atoms with van der Waals surface area (Å²) < 4.78 is 27.0. The zero-order chi connectivity index (χ0) is 20.3. The molecule has 8 heteroatoms. The normalized spacial score (nSPS) is 15.8. The van der Waals surface area contributed by atoms with Crippen molar-refractivity contribution in [3.8, 4) is 0 Å². The largest absolute Gasteiger partial charge is 0.224 e. The molecular weight excluding hydrogens is 374 g/mol. The Morgan fingerprint density at radius 2 is 1.57 bits per heavy atom. The third kappa shape index (κ3) is 3.88. The quantitative estimate of drug-likeness (QED) is 0.708. The Morgan fingerprint density at radius 3 is 2.14 bits per heavy atom. The van der Waals surface area contributed by atoms with Crippen molar-refractivity contribution in [3.63, 3.8) is 0 Å². The second-order valence-electron chi connectivity index (χ2n) is 7.34. The van der Waals surface area contributed by atoms with Crippen molar-refractivity contribution in [2.75, 3.05) is 6.54 Å². The predicted molar refractivity (Wildman–Crippen MR) is 108 cm³/mol. The molecule has 0 spiro atoms. The van der Waals surface area contributed by atoms with Crippen LogP contribution in [0.4, 0.5) is 0 Å². The van der Waals surface area contributed by atoms with Crippen molar-refractivity contribution in [2.45, 2.75) is 44.0 Å². The topological polar surface area (TPSA) is 95.6 Å². The zero-order valence-corrected chi connectivity index (χ0v) is 17.1. The minimum atomic E-state index is -3.50. The molecule has 0 unspecified atom stereocenters. The molecule has 1 N–H and O–H groups in total. The summed E-state index contributed by atoms with van der Waals surface area (Å²) in [6, 6.07) is 17.3. The second kappa shape index (κ2) is 7.89. The summed E-state index contributed by atoms with van der Waals surface area (Å²) in [5, 5.41) is 16.0. The molecular formula is C20H25N5O2S. The van der Waals surface area contributed by atoms with E-state index in [1.807, 2.05) is 61.5 Å². The lowest BCUT2D eigenvalue weighted by atomic mass is 9.91. The first-order valence-electron chi connectivity index (χ1n) is 9.29. The molecule has 3 rings (SSSR count). The number of nitrogens with one attached hydrogen (secondary N) is 1. The van der Waals surface area contributed by atoms with E-state index < -0.39 is 20.4 Å². The van der Waals surface area contributed by atoms with E-state index in [0.29, 0.717) is 18.5 Å². The van der Waals surface area contributed by atoms with Crippen molar-refractivity contribution in [3.05, 3.63) is 71.3 Å². The van der Waals surface area contributed by atoms with Crippen molar-refractivity contribution >= 4 is 10.0 Å². The molecule has 7 nitrogen and oxygen atoms in total. The fourth-order valence-electron chi connectivity index (χ4n) is 3.09. The molecule has 0 fully saturated rings. The van der Waals surface area contributed by atoms with Crippen LogP contribution in [-0.2, 0) is 26.9 Å². The van der Waals surface area contributed by atoms with Gasteiger partial charge in [-0.15, -0.1) is 10.2 Å². The zero-order valence-electron chi connectivity index (χ0n) is 16.3. The minimum absolute atomic E-state index is 0.421. The van der Waals surface area contributed by atoms with Crippen molar-refractivity contribution in [1.29, 1.82) is 0 Å². The highest BCUT2D eigenvalue weighted by Gasteiger charge is 2.38. The van der Waals surface area contributed by atoms with E-state index in [2.05, 4.69) is 25.4 Å². The molecule has 0 saturated heterocycles. The minimum Gasteiger partial charge on any atom is -0.214 e. The Hall–Kier alpha value is -2.45.